The predicted octanol–water partition coefficient (Wildman–Crippen LogP) is 0.659. The Bertz CT molecular complexity index is 193. The number of aliphatic carboxylic acids is 1. The normalized spacial score (nSPS) is 39.6. The first kappa shape index (κ1) is 8.05. The summed E-state index contributed by atoms with van der Waals surface area (Å²) >= 11 is 0. The van der Waals surface area contributed by atoms with E-state index in [1.165, 1.54) is 6.42 Å². The smallest absolute Gasteiger partial charge is 0.307 e. The van der Waals surface area contributed by atoms with Gasteiger partial charge in [0.2, 0.25) is 0 Å². The molecule has 2 fully saturated rings. The van der Waals surface area contributed by atoms with Crippen molar-refractivity contribution in [1.29, 1.82) is 0 Å². The Labute approximate surface area is 72.4 Å². The van der Waals surface area contributed by atoms with Gasteiger partial charge in [0.05, 0.1) is 5.92 Å². The second-order valence-corrected chi connectivity index (χ2v) is 3.95. The molecular weight excluding hydrogens is 154 g/mol. The van der Waals surface area contributed by atoms with Gasteiger partial charge in [-0.3, -0.25) is 4.79 Å². The zero-order valence-electron chi connectivity index (χ0n) is 7.36. The number of likely N-dealkylation sites (tertiary alicyclic amines) is 1. The molecule has 1 aliphatic heterocycles. The van der Waals surface area contributed by atoms with Crippen molar-refractivity contribution in [3.63, 3.8) is 0 Å². The van der Waals surface area contributed by atoms with Crippen molar-refractivity contribution in [3.05, 3.63) is 0 Å². The summed E-state index contributed by atoms with van der Waals surface area (Å²) in [7, 11) is 0. The summed E-state index contributed by atoms with van der Waals surface area (Å²) < 4.78 is 0. The highest BCUT2D eigenvalue weighted by atomic mass is 16.4. The van der Waals surface area contributed by atoms with Crippen molar-refractivity contribution in [2.24, 2.45) is 17.8 Å². The third kappa shape index (κ3) is 1.12. The highest BCUT2D eigenvalue weighted by Gasteiger charge is 2.59. The lowest BCUT2D eigenvalue weighted by Gasteiger charge is -2.16. The van der Waals surface area contributed by atoms with Crippen LogP contribution in [-0.4, -0.2) is 35.6 Å². The van der Waals surface area contributed by atoms with Gasteiger partial charge >= 0.3 is 5.97 Å². The minimum atomic E-state index is -0.582. The number of fused-ring (bicyclic) bond motifs is 1. The molecular formula is C9H15NO2. The Balaban J connectivity index is 1.82. The molecule has 1 aliphatic carbocycles. The number of hydrogen-bond donors (Lipinski definition) is 1. The number of nitrogens with zero attached hydrogens (tertiary/aromatic N) is 1. The van der Waals surface area contributed by atoms with Crippen molar-refractivity contribution >= 4 is 5.97 Å². The van der Waals surface area contributed by atoms with Gasteiger partial charge in [0.15, 0.2) is 0 Å². The van der Waals surface area contributed by atoms with Crippen LogP contribution in [0.2, 0.25) is 0 Å². The van der Waals surface area contributed by atoms with Gasteiger partial charge in [0.1, 0.15) is 0 Å². The van der Waals surface area contributed by atoms with E-state index in [1.54, 1.807) is 0 Å². The van der Waals surface area contributed by atoms with Crippen LogP contribution in [0.4, 0.5) is 0 Å². The van der Waals surface area contributed by atoms with Crippen LogP contribution >= 0.6 is 0 Å². The molecule has 12 heavy (non-hydrogen) atoms. The zero-order chi connectivity index (χ0) is 8.72. The molecule has 3 heteroatoms. The van der Waals surface area contributed by atoms with Crippen LogP contribution in [0.3, 0.4) is 0 Å². The standard InChI is InChI=1S/C9H15NO2/c1-2-3-10-4-6-7(5-10)8(6)9(11)12/h6-8H,2-5H2,1H3,(H,11,12)/t6-,7+,8?. The van der Waals surface area contributed by atoms with Crippen LogP contribution in [0, 0.1) is 17.8 Å². The van der Waals surface area contributed by atoms with Gasteiger partial charge in [-0.1, -0.05) is 6.92 Å². The molecule has 1 unspecified atom stereocenters. The predicted molar refractivity (Wildman–Crippen MR) is 44.8 cm³/mol. The van der Waals surface area contributed by atoms with E-state index in [0.717, 1.165) is 19.6 Å². The van der Waals surface area contributed by atoms with Crippen molar-refractivity contribution in [2.75, 3.05) is 19.6 Å². The van der Waals surface area contributed by atoms with E-state index in [0.29, 0.717) is 11.8 Å². The van der Waals surface area contributed by atoms with Gasteiger partial charge in [-0.15, -0.1) is 0 Å². The minimum absolute atomic E-state index is 0.00175. The third-order valence-electron chi connectivity index (χ3n) is 3.09. The zero-order valence-corrected chi connectivity index (χ0v) is 7.36. The lowest BCUT2D eigenvalue weighted by Crippen LogP contribution is -2.26. The summed E-state index contributed by atoms with van der Waals surface area (Å²) in [4.78, 5) is 13.0. The van der Waals surface area contributed by atoms with Gasteiger partial charge in [-0.05, 0) is 24.8 Å². The summed E-state index contributed by atoms with van der Waals surface area (Å²) in [6.07, 6.45) is 1.18. The quantitative estimate of drug-likeness (QED) is 0.674. The van der Waals surface area contributed by atoms with Crippen LogP contribution in [0.15, 0.2) is 0 Å². The second kappa shape index (κ2) is 2.73. The average Bonchev–Trinajstić information content (AvgIpc) is 2.51. The van der Waals surface area contributed by atoms with E-state index in [1.807, 2.05) is 0 Å². The van der Waals surface area contributed by atoms with E-state index in [4.69, 9.17) is 5.11 Å². The van der Waals surface area contributed by atoms with Gasteiger partial charge in [0.25, 0.3) is 0 Å². The molecule has 1 heterocycles. The van der Waals surface area contributed by atoms with E-state index >= 15 is 0 Å². The number of carboxylic acid groups (broad SMARTS) is 1. The molecule has 2 aliphatic rings. The largest absolute Gasteiger partial charge is 0.481 e. The molecule has 3 atom stereocenters. The lowest BCUT2D eigenvalue weighted by atomic mass is 10.2. The minimum Gasteiger partial charge on any atom is -0.481 e. The van der Waals surface area contributed by atoms with E-state index < -0.39 is 5.97 Å². The third-order valence-corrected chi connectivity index (χ3v) is 3.09. The van der Waals surface area contributed by atoms with Crippen LogP contribution in [0.1, 0.15) is 13.3 Å². The first-order valence-corrected chi connectivity index (χ1v) is 4.69. The van der Waals surface area contributed by atoms with Crippen molar-refractivity contribution in [1.82, 2.24) is 4.90 Å². The van der Waals surface area contributed by atoms with Crippen LogP contribution in [-0.2, 0) is 4.79 Å². The SMILES string of the molecule is CCCN1C[C@@H]2C(C(=O)O)[C@@H]2C1. The van der Waals surface area contributed by atoms with E-state index in [2.05, 4.69) is 11.8 Å². The molecule has 0 radical (unpaired) electrons. The fraction of sp³-hybridized carbons (Fsp3) is 0.889. The lowest BCUT2D eigenvalue weighted by molar-refractivity contribution is -0.139. The molecule has 0 aromatic heterocycles. The number of carboxylic acids is 1. The maximum absolute atomic E-state index is 10.6. The van der Waals surface area contributed by atoms with Crippen molar-refractivity contribution < 1.29 is 9.90 Å². The van der Waals surface area contributed by atoms with Crippen LogP contribution in [0.25, 0.3) is 0 Å². The highest BCUT2D eigenvalue weighted by Crippen LogP contribution is 2.51. The Morgan fingerprint density at radius 2 is 2.08 bits per heavy atom. The molecule has 0 amide bonds. The van der Waals surface area contributed by atoms with Crippen LogP contribution in [0.5, 0.6) is 0 Å². The average molecular weight is 169 g/mol. The second-order valence-electron chi connectivity index (χ2n) is 3.95. The molecule has 0 aromatic rings. The van der Waals surface area contributed by atoms with E-state index in [-0.39, 0.29) is 5.92 Å². The van der Waals surface area contributed by atoms with Gasteiger partial charge < -0.3 is 10.0 Å². The number of piperidine rings is 1. The molecule has 68 valence electrons. The summed E-state index contributed by atoms with van der Waals surface area (Å²) in [5.41, 5.74) is 0. The topological polar surface area (TPSA) is 40.5 Å². The Morgan fingerprint density at radius 1 is 1.50 bits per heavy atom. The van der Waals surface area contributed by atoms with Gasteiger partial charge in [-0.2, -0.15) is 0 Å². The molecule has 3 nitrogen and oxygen atoms in total. The Hall–Kier alpha value is -0.570. The fourth-order valence-corrected chi connectivity index (χ4v) is 2.48. The monoisotopic (exact) mass is 169 g/mol. The molecule has 0 spiro atoms. The summed E-state index contributed by atoms with van der Waals surface area (Å²) in [5, 5.41) is 8.76. The van der Waals surface area contributed by atoms with Crippen LogP contribution < -0.4 is 0 Å². The molecule has 2 rings (SSSR count). The maximum atomic E-state index is 10.6. The van der Waals surface area contributed by atoms with E-state index in [9.17, 15) is 4.79 Å². The maximum Gasteiger partial charge on any atom is 0.307 e. The number of hydrogen-bond acceptors (Lipinski definition) is 2. The fourth-order valence-electron chi connectivity index (χ4n) is 2.48. The highest BCUT2D eigenvalue weighted by molar-refractivity contribution is 5.74. The van der Waals surface area contributed by atoms with Crippen molar-refractivity contribution in [2.45, 2.75) is 13.3 Å². The number of carbonyl (C=O) groups is 1. The van der Waals surface area contributed by atoms with Crippen molar-refractivity contribution in [3.8, 4) is 0 Å². The Kier molecular flexibility index (Phi) is 1.83. The molecule has 0 bridgehead atoms. The summed E-state index contributed by atoms with van der Waals surface area (Å²) in [6, 6.07) is 0. The van der Waals surface area contributed by atoms with Gasteiger partial charge in [-0.25, -0.2) is 0 Å². The molecule has 1 saturated heterocycles. The summed E-state index contributed by atoms with van der Waals surface area (Å²) in [5.74, 6) is 0.377. The number of rotatable bonds is 3. The first-order valence-electron chi connectivity index (χ1n) is 4.69. The Morgan fingerprint density at radius 3 is 2.50 bits per heavy atom. The molecule has 1 N–H and O–H groups in total. The van der Waals surface area contributed by atoms with Gasteiger partial charge in [0, 0.05) is 13.1 Å². The molecule has 0 aromatic carbocycles. The summed E-state index contributed by atoms with van der Waals surface area (Å²) in [6.45, 7) is 5.35. The first-order chi connectivity index (χ1) is 5.74. The molecule has 1 saturated carbocycles.